The topological polar surface area (TPSA) is 50.2 Å². The number of nitrogens with zero attached hydrogens (tertiary/aromatic N) is 3. The molecule has 2 rings (SSSR count). The Hall–Kier alpha value is -1.36. The molecule has 5 heteroatoms. The van der Waals surface area contributed by atoms with Gasteiger partial charge in [-0.2, -0.15) is 5.10 Å². The molecule has 0 spiro atoms. The van der Waals surface area contributed by atoms with E-state index in [1.54, 1.807) is 6.20 Å². The van der Waals surface area contributed by atoms with Crippen molar-refractivity contribution in [2.24, 2.45) is 0 Å². The molecule has 1 atom stereocenters. The van der Waals surface area contributed by atoms with Crippen LogP contribution >= 0.6 is 0 Å². The van der Waals surface area contributed by atoms with E-state index in [2.05, 4.69) is 24.3 Å². The average molecular weight is 236 g/mol. The van der Waals surface area contributed by atoms with E-state index in [1.165, 1.54) is 0 Å². The minimum Gasteiger partial charge on any atom is -0.336 e. The lowest BCUT2D eigenvalue weighted by Gasteiger charge is -2.26. The third-order valence-corrected chi connectivity index (χ3v) is 3.30. The van der Waals surface area contributed by atoms with E-state index in [4.69, 9.17) is 0 Å². The highest BCUT2D eigenvalue weighted by atomic mass is 16.2. The number of rotatable bonds is 3. The Labute approximate surface area is 102 Å². The maximum absolute atomic E-state index is 12.2. The highest BCUT2D eigenvalue weighted by Crippen LogP contribution is 2.11. The van der Waals surface area contributed by atoms with Crippen LogP contribution in [0, 0.1) is 0 Å². The van der Waals surface area contributed by atoms with Crippen LogP contribution in [-0.4, -0.2) is 46.8 Å². The molecular formula is C12H20N4O. The normalized spacial score (nSPS) is 18.1. The Bertz CT molecular complexity index is 382. The van der Waals surface area contributed by atoms with Gasteiger partial charge in [0.15, 0.2) is 0 Å². The predicted molar refractivity (Wildman–Crippen MR) is 66.0 cm³/mol. The molecular weight excluding hydrogens is 216 g/mol. The smallest absolute Gasteiger partial charge is 0.257 e. The summed E-state index contributed by atoms with van der Waals surface area (Å²) in [5.74, 6) is 0.0982. The quantitative estimate of drug-likeness (QED) is 0.848. The van der Waals surface area contributed by atoms with Gasteiger partial charge >= 0.3 is 0 Å². The third kappa shape index (κ3) is 2.66. The fourth-order valence-corrected chi connectivity index (χ4v) is 1.93. The molecule has 1 amide bonds. The summed E-state index contributed by atoms with van der Waals surface area (Å²) < 4.78 is 1.87. The Morgan fingerprint density at radius 1 is 1.53 bits per heavy atom. The first kappa shape index (κ1) is 12.1. The average Bonchev–Trinajstić information content (AvgIpc) is 2.87. The summed E-state index contributed by atoms with van der Waals surface area (Å²) in [5, 5.41) is 7.50. The number of carbonyl (C=O) groups is 1. The Morgan fingerprint density at radius 2 is 2.24 bits per heavy atom. The molecule has 1 unspecified atom stereocenters. The van der Waals surface area contributed by atoms with Crippen molar-refractivity contribution in [3.05, 3.63) is 18.0 Å². The molecule has 0 aromatic carbocycles. The Kier molecular flexibility index (Phi) is 3.78. The van der Waals surface area contributed by atoms with E-state index in [1.807, 2.05) is 15.8 Å². The van der Waals surface area contributed by atoms with E-state index in [9.17, 15) is 4.79 Å². The summed E-state index contributed by atoms with van der Waals surface area (Å²) in [6.07, 6.45) is 4.55. The third-order valence-electron chi connectivity index (χ3n) is 3.30. The first-order valence-corrected chi connectivity index (χ1v) is 6.26. The number of hydrogen-bond acceptors (Lipinski definition) is 3. The van der Waals surface area contributed by atoms with Gasteiger partial charge in [-0.1, -0.05) is 6.92 Å². The molecule has 0 aliphatic carbocycles. The fourth-order valence-electron chi connectivity index (χ4n) is 1.93. The Morgan fingerprint density at radius 3 is 2.88 bits per heavy atom. The lowest BCUT2D eigenvalue weighted by molar-refractivity contribution is 0.0735. The van der Waals surface area contributed by atoms with E-state index in [-0.39, 0.29) is 5.91 Å². The lowest BCUT2D eigenvalue weighted by atomic mass is 10.2. The molecule has 1 fully saturated rings. The zero-order valence-electron chi connectivity index (χ0n) is 10.5. The molecule has 5 nitrogen and oxygen atoms in total. The van der Waals surface area contributed by atoms with Crippen LogP contribution < -0.4 is 5.32 Å². The molecule has 94 valence electrons. The van der Waals surface area contributed by atoms with Gasteiger partial charge < -0.3 is 10.2 Å². The molecule has 1 aliphatic rings. The molecule has 1 aliphatic heterocycles. The first-order valence-electron chi connectivity index (χ1n) is 6.26. The van der Waals surface area contributed by atoms with Crippen LogP contribution in [0.4, 0.5) is 0 Å². The van der Waals surface area contributed by atoms with Crippen molar-refractivity contribution in [2.75, 3.05) is 26.2 Å². The second kappa shape index (κ2) is 5.31. The molecule has 1 saturated heterocycles. The fraction of sp³-hybridized carbons (Fsp3) is 0.667. The number of hydrogen-bond donors (Lipinski definition) is 1. The summed E-state index contributed by atoms with van der Waals surface area (Å²) in [6.45, 7) is 7.55. The van der Waals surface area contributed by atoms with Crippen molar-refractivity contribution in [1.29, 1.82) is 0 Å². The maximum Gasteiger partial charge on any atom is 0.257 e. The van der Waals surface area contributed by atoms with E-state index in [0.717, 1.165) is 32.6 Å². The summed E-state index contributed by atoms with van der Waals surface area (Å²) in [5.41, 5.74) is 0.701. The van der Waals surface area contributed by atoms with Crippen molar-refractivity contribution >= 4 is 5.91 Å². The van der Waals surface area contributed by atoms with Crippen LogP contribution in [0.15, 0.2) is 12.4 Å². The predicted octanol–water partition coefficient (Wildman–Crippen LogP) is 0.899. The zero-order chi connectivity index (χ0) is 12.3. The minimum absolute atomic E-state index is 0.0982. The van der Waals surface area contributed by atoms with Gasteiger partial charge in [0.25, 0.3) is 5.91 Å². The minimum atomic E-state index is 0.0982. The molecule has 1 aromatic heterocycles. The first-order chi connectivity index (χ1) is 8.22. The van der Waals surface area contributed by atoms with Crippen LogP contribution in [-0.2, 0) is 0 Å². The molecule has 0 radical (unpaired) electrons. The number of aromatic nitrogens is 2. The van der Waals surface area contributed by atoms with Gasteiger partial charge in [-0.05, 0) is 13.3 Å². The lowest BCUT2D eigenvalue weighted by Crippen LogP contribution is -2.46. The highest BCUT2D eigenvalue weighted by Gasteiger charge is 2.19. The summed E-state index contributed by atoms with van der Waals surface area (Å²) in [7, 11) is 0. The van der Waals surface area contributed by atoms with Gasteiger partial charge in [0.2, 0.25) is 0 Å². The second-order valence-electron chi connectivity index (χ2n) is 4.51. The molecule has 1 aromatic rings. The summed E-state index contributed by atoms with van der Waals surface area (Å²) in [4.78, 5) is 14.1. The molecule has 1 N–H and O–H groups in total. The number of piperazine rings is 1. The molecule has 0 bridgehead atoms. The maximum atomic E-state index is 12.2. The van der Waals surface area contributed by atoms with Crippen LogP contribution in [0.25, 0.3) is 0 Å². The largest absolute Gasteiger partial charge is 0.336 e. The van der Waals surface area contributed by atoms with E-state index in [0.29, 0.717) is 11.6 Å². The molecule has 2 heterocycles. The summed E-state index contributed by atoms with van der Waals surface area (Å²) >= 11 is 0. The van der Waals surface area contributed by atoms with Crippen molar-refractivity contribution in [3.63, 3.8) is 0 Å². The van der Waals surface area contributed by atoms with Crippen molar-refractivity contribution in [3.8, 4) is 0 Å². The van der Waals surface area contributed by atoms with Crippen LogP contribution in [0.5, 0.6) is 0 Å². The van der Waals surface area contributed by atoms with E-state index >= 15 is 0 Å². The second-order valence-corrected chi connectivity index (χ2v) is 4.51. The molecule has 0 saturated carbocycles. The van der Waals surface area contributed by atoms with Gasteiger partial charge in [-0.3, -0.25) is 9.48 Å². The van der Waals surface area contributed by atoms with Crippen molar-refractivity contribution in [1.82, 2.24) is 20.0 Å². The van der Waals surface area contributed by atoms with Gasteiger partial charge in [0, 0.05) is 38.4 Å². The SMILES string of the molecule is CCC(C)n1cc(C(=O)N2CCNCC2)cn1. The number of carbonyl (C=O) groups excluding carboxylic acids is 1. The van der Waals surface area contributed by atoms with Crippen LogP contribution in [0.2, 0.25) is 0 Å². The van der Waals surface area contributed by atoms with Gasteiger partial charge in [0.1, 0.15) is 0 Å². The zero-order valence-corrected chi connectivity index (χ0v) is 10.5. The highest BCUT2D eigenvalue weighted by molar-refractivity contribution is 5.93. The number of amides is 1. The van der Waals surface area contributed by atoms with Crippen molar-refractivity contribution in [2.45, 2.75) is 26.3 Å². The van der Waals surface area contributed by atoms with Crippen LogP contribution in [0.1, 0.15) is 36.7 Å². The number of nitrogens with one attached hydrogen (secondary N) is 1. The van der Waals surface area contributed by atoms with Crippen molar-refractivity contribution < 1.29 is 4.79 Å². The summed E-state index contributed by atoms with van der Waals surface area (Å²) in [6, 6.07) is 0.347. The van der Waals surface area contributed by atoms with Gasteiger partial charge in [0.05, 0.1) is 11.8 Å². The van der Waals surface area contributed by atoms with Gasteiger partial charge in [-0.15, -0.1) is 0 Å². The Balaban J connectivity index is 2.06. The van der Waals surface area contributed by atoms with Crippen LogP contribution in [0.3, 0.4) is 0 Å². The standard InChI is InChI=1S/C12H20N4O/c1-3-10(2)16-9-11(8-14-16)12(17)15-6-4-13-5-7-15/h8-10,13H,3-7H2,1-2H3. The van der Waals surface area contributed by atoms with E-state index < -0.39 is 0 Å². The molecule has 17 heavy (non-hydrogen) atoms. The van der Waals surface area contributed by atoms with Gasteiger partial charge in [-0.25, -0.2) is 0 Å². The monoisotopic (exact) mass is 236 g/mol.